The van der Waals surface area contributed by atoms with Crippen LogP contribution in [0.2, 0.25) is 0 Å². The normalized spacial score (nSPS) is 11.5. The first-order chi connectivity index (χ1) is 14.8. The summed E-state index contributed by atoms with van der Waals surface area (Å²) < 4.78 is 28.2. The number of carbonyl (C=O) groups is 1. The molecule has 0 spiro atoms. The van der Waals surface area contributed by atoms with E-state index in [0.717, 1.165) is 16.7 Å². The van der Waals surface area contributed by atoms with E-state index in [0.29, 0.717) is 16.6 Å². The van der Waals surface area contributed by atoms with E-state index in [1.54, 1.807) is 16.8 Å². The van der Waals surface area contributed by atoms with Crippen LogP contribution in [0.4, 0.5) is 5.69 Å². The number of hydrogen-bond acceptors (Lipinski definition) is 3. The summed E-state index contributed by atoms with van der Waals surface area (Å²) in [4.78, 5) is 12.9. The quantitative estimate of drug-likeness (QED) is 0.473. The van der Waals surface area contributed by atoms with Gasteiger partial charge in [0, 0.05) is 22.8 Å². The highest BCUT2D eigenvalue weighted by molar-refractivity contribution is 7.90. The van der Waals surface area contributed by atoms with Gasteiger partial charge in [-0.2, -0.15) is 0 Å². The number of anilines is 1. The molecule has 4 aromatic rings. The summed E-state index contributed by atoms with van der Waals surface area (Å²) >= 11 is 0. The molecule has 0 fully saturated rings. The van der Waals surface area contributed by atoms with Gasteiger partial charge >= 0.3 is 0 Å². The second-order valence-electron chi connectivity index (χ2n) is 7.80. The van der Waals surface area contributed by atoms with Crippen LogP contribution in [0.15, 0.2) is 83.9 Å². The molecule has 31 heavy (non-hydrogen) atoms. The number of nitrogens with zero attached hydrogens (tertiary/aromatic N) is 1. The Morgan fingerprint density at radius 1 is 0.903 bits per heavy atom. The van der Waals surface area contributed by atoms with E-state index >= 15 is 0 Å². The van der Waals surface area contributed by atoms with Crippen molar-refractivity contribution in [2.45, 2.75) is 31.0 Å². The van der Waals surface area contributed by atoms with Crippen molar-refractivity contribution >= 4 is 32.3 Å². The van der Waals surface area contributed by atoms with Crippen molar-refractivity contribution in [1.82, 2.24) is 4.57 Å². The summed E-state index contributed by atoms with van der Waals surface area (Å²) in [7, 11) is -3.59. The number of sulfone groups is 1. The number of amides is 1. The highest BCUT2D eigenvalue weighted by atomic mass is 32.2. The molecule has 0 atom stereocenters. The molecule has 0 saturated heterocycles. The molecule has 0 aliphatic carbocycles. The van der Waals surface area contributed by atoms with E-state index in [1.165, 1.54) is 0 Å². The Balaban J connectivity index is 1.65. The van der Waals surface area contributed by atoms with Gasteiger partial charge < -0.3 is 9.88 Å². The smallest absolute Gasteiger partial charge is 0.244 e. The van der Waals surface area contributed by atoms with E-state index in [4.69, 9.17) is 0 Å². The molecule has 158 valence electrons. The van der Waals surface area contributed by atoms with Gasteiger partial charge in [-0.1, -0.05) is 60.2 Å². The number of rotatable bonds is 6. The summed E-state index contributed by atoms with van der Waals surface area (Å²) in [5.74, 6) is -0.299. The maximum Gasteiger partial charge on any atom is 0.244 e. The lowest BCUT2D eigenvalue weighted by Gasteiger charge is -2.08. The van der Waals surface area contributed by atoms with Crippen LogP contribution in [0.25, 0.3) is 10.9 Å². The van der Waals surface area contributed by atoms with Gasteiger partial charge in [-0.25, -0.2) is 8.42 Å². The van der Waals surface area contributed by atoms with Gasteiger partial charge in [-0.3, -0.25) is 4.79 Å². The number of aromatic nitrogens is 1. The molecule has 1 N–H and O–H groups in total. The summed E-state index contributed by atoms with van der Waals surface area (Å²) in [5.41, 5.74) is 4.24. The number of fused-ring (bicyclic) bond motifs is 1. The molecule has 0 aliphatic heterocycles. The molecule has 6 heteroatoms. The molecule has 0 unspecified atom stereocenters. The summed E-state index contributed by atoms with van der Waals surface area (Å²) in [6, 6.07) is 22.3. The molecule has 0 aliphatic rings. The first-order valence-corrected chi connectivity index (χ1v) is 11.7. The fraction of sp³-hybridized carbons (Fsp3) is 0.160. The first-order valence-electron chi connectivity index (χ1n) is 10.0. The van der Waals surface area contributed by atoms with Crippen LogP contribution in [0.1, 0.15) is 16.7 Å². The van der Waals surface area contributed by atoms with Crippen molar-refractivity contribution in [2.75, 3.05) is 5.32 Å². The van der Waals surface area contributed by atoms with Gasteiger partial charge in [0.25, 0.3) is 0 Å². The third-order valence-electron chi connectivity index (χ3n) is 5.14. The highest BCUT2D eigenvalue weighted by Gasteiger charge is 2.22. The Bertz CT molecular complexity index is 1370. The second kappa shape index (κ2) is 8.40. The molecule has 0 bridgehead atoms. The average Bonchev–Trinajstić information content (AvgIpc) is 3.07. The predicted octanol–water partition coefficient (Wildman–Crippen LogP) is 4.87. The lowest BCUT2D eigenvalue weighted by atomic mass is 10.2. The number of carbonyl (C=O) groups excluding carboxylic acids is 1. The monoisotopic (exact) mass is 432 g/mol. The molecule has 0 radical (unpaired) electrons. The Hall–Kier alpha value is -3.38. The van der Waals surface area contributed by atoms with E-state index in [9.17, 15) is 13.2 Å². The number of para-hydroxylation sites is 1. The van der Waals surface area contributed by atoms with Crippen LogP contribution in [0.5, 0.6) is 0 Å². The van der Waals surface area contributed by atoms with E-state index in [1.807, 2.05) is 80.6 Å². The fourth-order valence-corrected chi connectivity index (χ4v) is 5.34. The molecule has 1 amide bonds. The maximum absolute atomic E-state index is 13.2. The lowest BCUT2D eigenvalue weighted by molar-refractivity contribution is -0.116. The summed E-state index contributed by atoms with van der Waals surface area (Å²) in [6.45, 7) is 3.92. The highest BCUT2D eigenvalue weighted by Crippen LogP contribution is 2.28. The minimum absolute atomic E-state index is 0.0222. The van der Waals surface area contributed by atoms with E-state index in [2.05, 4.69) is 5.32 Å². The molecule has 4 rings (SSSR count). The minimum atomic E-state index is -3.59. The van der Waals surface area contributed by atoms with Crippen molar-refractivity contribution in [3.05, 3.63) is 95.7 Å². The van der Waals surface area contributed by atoms with Gasteiger partial charge in [0.2, 0.25) is 5.91 Å². The zero-order chi connectivity index (χ0) is 22.0. The number of benzene rings is 3. The first kappa shape index (κ1) is 20.9. The van der Waals surface area contributed by atoms with Crippen LogP contribution in [-0.4, -0.2) is 18.9 Å². The predicted molar refractivity (Wildman–Crippen MR) is 124 cm³/mol. The van der Waals surface area contributed by atoms with Crippen molar-refractivity contribution in [1.29, 1.82) is 0 Å². The average molecular weight is 433 g/mol. The largest absolute Gasteiger partial charge is 0.337 e. The number of hydrogen-bond donors (Lipinski definition) is 1. The van der Waals surface area contributed by atoms with Gasteiger partial charge in [0.05, 0.1) is 10.6 Å². The molecule has 1 heterocycles. The third kappa shape index (κ3) is 4.70. The molecular formula is C25H24N2O3S. The van der Waals surface area contributed by atoms with Gasteiger partial charge in [-0.15, -0.1) is 0 Å². The zero-order valence-electron chi connectivity index (χ0n) is 17.5. The molecule has 5 nitrogen and oxygen atoms in total. The molecule has 1 aromatic heterocycles. The Morgan fingerprint density at radius 3 is 2.35 bits per heavy atom. The van der Waals surface area contributed by atoms with Crippen molar-refractivity contribution in [3.63, 3.8) is 0 Å². The minimum Gasteiger partial charge on any atom is -0.337 e. The molecular weight excluding hydrogens is 408 g/mol. The van der Waals surface area contributed by atoms with Crippen LogP contribution < -0.4 is 5.32 Å². The van der Waals surface area contributed by atoms with Gasteiger partial charge in [0.15, 0.2) is 9.84 Å². The fourth-order valence-electron chi connectivity index (χ4n) is 3.77. The molecule has 0 saturated carbocycles. The lowest BCUT2D eigenvalue weighted by Crippen LogP contribution is -2.18. The number of aryl methyl sites for hydroxylation is 2. The van der Waals surface area contributed by atoms with Crippen LogP contribution >= 0.6 is 0 Å². The van der Waals surface area contributed by atoms with Gasteiger partial charge in [0.1, 0.15) is 6.54 Å². The van der Waals surface area contributed by atoms with E-state index < -0.39 is 9.84 Å². The van der Waals surface area contributed by atoms with Gasteiger partial charge in [-0.05, 0) is 43.2 Å². The Labute approximate surface area is 182 Å². The SMILES string of the molecule is Cc1cccc(CS(=O)(=O)c2cn(CC(=O)Nc3cccc(C)c3)c3ccccc23)c1. The standard InChI is InChI=1S/C25H24N2O3S/c1-18-7-5-9-20(13-18)17-31(29,30)24-15-27(23-12-4-3-11-22(23)24)16-25(28)26-21-10-6-8-19(2)14-21/h3-15H,16-17H2,1-2H3,(H,26,28). The van der Waals surface area contributed by atoms with Crippen LogP contribution in [0, 0.1) is 13.8 Å². The Kier molecular flexibility index (Phi) is 5.65. The third-order valence-corrected chi connectivity index (χ3v) is 6.85. The number of nitrogens with one attached hydrogen (secondary N) is 1. The van der Waals surface area contributed by atoms with E-state index in [-0.39, 0.29) is 23.1 Å². The second-order valence-corrected chi connectivity index (χ2v) is 9.76. The maximum atomic E-state index is 13.2. The van der Waals surface area contributed by atoms with Crippen molar-refractivity contribution in [3.8, 4) is 0 Å². The van der Waals surface area contributed by atoms with Crippen molar-refractivity contribution in [2.24, 2.45) is 0 Å². The topological polar surface area (TPSA) is 68.2 Å². The molecule has 3 aromatic carbocycles. The zero-order valence-corrected chi connectivity index (χ0v) is 18.3. The van der Waals surface area contributed by atoms with Crippen LogP contribution in [-0.2, 0) is 26.9 Å². The van der Waals surface area contributed by atoms with Crippen LogP contribution in [0.3, 0.4) is 0 Å². The summed E-state index contributed by atoms with van der Waals surface area (Å²) in [6.07, 6.45) is 1.58. The summed E-state index contributed by atoms with van der Waals surface area (Å²) in [5, 5.41) is 3.50. The van der Waals surface area contributed by atoms with Crippen molar-refractivity contribution < 1.29 is 13.2 Å². The Morgan fingerprint density at radius 2 is 1.61 bits per heavy atom.